The summed E-state index contributed by atoms with van der Waals surface area (Å²) in [5, 5.41) is 3.95. The molecule has 0 fully saturated rings. The number of amides is 1. The van der Waals surface area contributed by atoms with Crippen LogP contribution < -0.4 is 5.43 Å². The Kier molecular flexibility index (Phi) is 5.46. The molecule has 126 valence electrons. The molecule has 0 aliphatic carbocycles. The molecule has 0 unspecified atom stereocenters. The van der Waals surface area contributed by atoms with Gasteiger partial charge in [0.15, 0.2) is 0 Å². The van der Waals surface area contributed by atoms with E-state index >= 15 is 0 Å². The third kappa shape index (κ3) is 4.90. The average Bonchev–Trinajstić information content (AvgIpc) is 3.06. The lowest BCUT2D eigenvalue weighted by molar-refractivity contribution is -0.120. The van der Waals surface area contributed by atoms with Crippen molar-refractivity contribution in [3.05, 3.63) is 82.0 Å². The monoisotopic (exact) mass is 396 g/mol. The van der Waals surface area contributed by atoms with E-state index in [4.69, 9.17) is 4.42 Å². The second-order valence-corrected chi connectivity index (χ2v) is 6.58. The molecule has 0 saturated carbocycles. The van der Waals surface area contributed by atoms with Gasteiger partial charge in [-0.05, 0) is 36.8 Å². The number of nitrogens with one attached hydrogen (secondary N) is 1. The maximum atomic E-state index is 11.9. The van der Waals surface area contributed by atoms with Gasteiger partial charge in [-0.15, -0.1) is 0 Å². The quantitative estimate of drug-likeness (QED) is 0.501. The van der Waals surface area contributed by atoms with E-state index in [1.807, 2.05) is 67.6 Å². The van der Waals surface area contributed by atoms with Crippen LogP contribution in [-0.4, -0.2) is 12.1 Å². The van der Waals surface area contributed by atoms with Gasteiger partial charge in [0, 0.05) is 10.0 Å². The molecule has 1 N–H and O–H groups in total. The number of hydrogen-bond donors (Lipinski definition) is 1. The molecule has 3 aromatic rings. The average molecular weight is 397 g/mol. The Morgan fingerprint density at radius 3 is 2.52 bits per heavy atom. The van der Waals surface area contributed by atoms with Crippen LogP contribution in [0.25, 0.3) is 11.3 Å². The number of furan rings is 1. The number of hydrogen-bond acceptors (Lipinski definition) is 3. The highest BCUT2D eigenvalue weighted by Crippen LogP contribution is 2.23. The molecule has 0 atom stereocenters. The second kappa shape index (κ2) is 7.94. The molecule has 3 rings (SSSR count). The summed E-state index contributed by atoms with van der Waals surface area (Å²) in [7, 11) is 0. The van der Waals surface area contributed by atoms with Crippen LogP contribution in [0, 0.1) is 6.92 Å². The van der Waals surface area contributed by atoms with Crippen LogP contribution in [0.4, 0.5) is 0 Å². The molecule has 4 nitrogen and oxygen atoms in total. The highest BCUT2D eigenvalue weighted by molar-refractivity contribution is 9.10. The standard InChI is InChI=1S/C20H17BrN2O2/c1-14-2-4-15(5-3-14)12-20(24)23-22-13-18-10-11-19(25-18)16-6-8-17(21)9-7-16/h2-11,13H,12H2,1H3,(H,23,24)/b22-13-. The molecular formula is C20H17BrN2O2. The van der Waals surface area contributed by atoms with Crippen LogP contribution in [-0.2, 0) is 11.2 Å². The second-order valence-electron chi connectivity index (χ2n) is 5.66. The van der Waals surface area contributed by atoms with E-state index in [1.165, 1.54) is 11.8 Å². The lowest BCUT2D eigenvalue weighted by Gasteiger charge is -2.00. The van der Waals surface area contributed by atoms with E-state index in [9.17, 15) is 4.79 Å². The highest BCUT2D eigenvalue weighted by Gasteiger charge is 2.04. The molecule has 0 bridgehead atoms. The molecule has 1 heterocycles. The van der Waals surface area contributed by atoms with Crippen LogP contribution in [0.1, 0.15) is 16.9 Å². The van der Waals surface area contributed by atoms with Crippen molar-refractivity contribution in [1.29, 1.82) is 0 Å². The molecule has 1 amide bonds. The van der Waals surface area contributed by atoms with E-state index in [-0.39, 0.29) is 5.91 Å². The van der Waals surface area contributed by atoms with Crippen LogP contribution in [0.2, 0.25) is 0 Å². The molecule has 25 heavy (non-hydrogen) atoms. The summed E-state index contributed by atoms with van der Waals surface area (Å²) in [6.07, 6.45) is 1.79. The Morgan fingerprint density at radius 2 is 1.80 bits per heavy atom. The van der Waals surface area contributed by atoms with E-state index < -0.39 is 0 Å². The zero-order valence-electron chi connectivity index (χ0n) is 13.7. The molecule has 0 radical (unpaired) electrons. The summed E-state index contributed by atoms with van der Waals surface area (Å²) in [5.74, 6) is 1.16. The number of carbonyl (C=O) groups is 1. The SMILES string of the molecule is Cc1ccc(CC(=O)N/N=C\c2ccc(-c3ccc(Br)cc3)o2)cc1. The largest absolute Gasteiger partial charge is 0.455 e. The summed E-state index contributed by atoms with van der Waals surface area (Å²) in [6.45, 7) is 2.01. The number of aryl methyl sites for hydroxylation is 1. The van der Waals surface area contributed by atoms with Crippen molar-refractivity contribution in [2.24, 2.45) is 5.10 Å². The molecule has 1 aromatic heterocycles. The lowest BCUT2D eigenvalue weighted by Crippen LogP contribution is -2.19. The summed E-state index contributed by atoms with van der Waals surface area (Å²) in [6, 6.07) is 19.4. The van der Waals surface area contributed by atoms with Gasteiger partial charge in [0.05, 0.1) is 12.6 Å². The van der Waals surface area contributed by atoms with Gasteiger partial charge in [0.25, 0.3) is 0 Å². The third-order valence-electron chi connectivity index (χ3n) is 3.62. The molecule has 0 aliphatic heterocycles. The number of hydrazone groups is 1. The number of nitrogens with zero attached hydrogens (tertiary/aromatic N) is 1. The minimum atomic E-state index is -0.167. The predicted molar refractivity (Wildman–Crippen MR) is 102 cm³/mol. The maximum absolute atomic E-state index is 11.9. The van der Waals surface area contributed by atoms with Gasteiger partial charge in [-0.25, -0.2) is 5.43 Å². The molecule has 0 aliphatic rings. The predicted octanol–water partition coefficient (Wildman–Crippen LogP) is 4.71. The third-order valence-corrected chi connectivity index (χ3v) is 4.15. The fraction of sp³-hybridized carbons (Fsp3) is 0.100. The Bertz CT molecular complexity index is 881. The Morgan fingerprint density at radius 1 is 1.08 bits per heavy atom. The van der Waals surface area contributed by atoms with Crippen LogP contribution in [0.15, 0.2) is 74.7 Å². The van der Waals surface area contributed by atoms with Crippen molar-refractivity contribution in [3.63, 3.8) is 0 Å². The van der Waals surface area contributed by atoms with Crippen molar-refractivity contribution < 1.29 is 9.21 Å². The Labute approximate surface area is 154 Å². The van der Waals surface area contributed by atoms with Gasteiger partial charge >= 0.3 is 0 Å². The van der Waals surface area contributed by atoms with Gasteiger partial charge in [0.1, 0.15) is 11.5 Å². The number of rotatable bonds is 5. The Balaban J connectivity index is 1.56. The zero-order valence-corrected chi connectivity index (χ0v) is 15.3. The van der Waals surface area contributed by atoms with Crippen molar-refractivity contribution in [2.75, 3.05) is 0 Å². The summed E-state index contributed by atoms with van der Waals surface area (Å²) in [5.41, 5.74) is 5.61. The van der Waals surface area contributed by atoms with Crippen LogP contribution in [0.5, 0.6) is 0 Å². The Hall–Kier alpha value is -2.66. The molecular weight excluding hydrogens is 380 g/mol. The van der Waals surface area contributed by atoms with Crippen LogP contribution in [0.3, 0.4) is 0 Å². The normalized spacial score (nSPS) is 11.0. The number of benzene rings is 2. The molecule has 0 saturated heterocycles. The molecule has 2 aromatic carbocycles. The first kappa shape index (κ1) is 17.2. The van der Waals surface area contributed by atoms with E-state index in [0.717, 1.165) is 21.4 Å². The van der Waals surface area contributed by atoms with Crippen molar-refractivity contribution in [1.82, 2.24) is 5.43 Å². The van der Waals surface area contributed by atoms with Crippen molar-refractivity contribution in [3.8, 4) is 11.3 Å². The molecule has 0 spiro atoms. The van der Waals surface area contributed by atoms with Crippen molar-refractivity contribution >= 4 is 28.1 Å². The summed E-state index contributed by atoms with van der Waals surface area (Å²) >= 11 is 3.41. The van der Waals surface area contributed by atoms with Crippen molar-refractivity contribution in [2.45, 2.75) is 13.3 Å². The van der Waals surface area contributed by atoms with E-state index in [2.05, 4.69) is 26.5 Å². The van der Waals surface area contributed by atoms with Crippen LogP contribution >= 0.6 is 15.9 Å². The first-order chi connectivity index (χ1) is 12.1. The zero-order chi connectivity index (χ0) is 17.6. The highest BCUT2D eigenvalue weighted by atomic mass is 79.9. The fourth-order valence-corrected chi connectivity index (χ4v) is 2.55. The van der Waals surface area contributed by atoms with Gasteiger partial charge in [-0.3, -0.25) is 4.79 Å². The topological polar surface area (TPSA) is 54.6 Å². The lowest BCUT2D eigenvalue weighted by atomic mass is 10.1. The number of carbonyl (C=O) groups excluding carboxylic acids is 1. The minimum Gasteiger partial charge on any atom is -0.455 e. The van der Waals surface area contributed by atoms with E-state index in [0.29, 0.717) is 12.2 Å². The van der Waals surface area contributed by atoms with Gasteiger partial charge in [-0.1, -0.05) is 57.9 Å². The first-order valence-electron chi connectivity index (χ1n) is 7.83. The van der Waals surface area contributed by atoms with Gasteiger partial charge in [0.2, 0.25) is 5.91 Å². The summed E-state index contributed by atoms with van der Waals surface area (Å²) < 4.78 is 6.72. The summed E-state index contributed by atoms with van der Waals surface area (Å²) in [4.78, 5) is 11.9. The minimum absolute atomic E-state index is 0.167. The smallest absolute Gasteiger partial charge is 0.244 e. The number of halogens is 1. The fourth-order valence-electron chi connectivity index (χ4n) is 2.29. The first-order valence-corrected chi connectivity index (χ1v) is 8.63. The van der Waals surface area contributed by atoms with Gasteiger partial charge < -0.3 is 4.42 Å². The maximum Gasteiger partial charge on any atom is 0.244 e. The van der Waals surface area contributed by atoms with Gasteiger partial charge in [-0.2, -0.15) is 5.10 Å². The molecule has 5 heteroatoms. The van der Waals surface area contributed by atoms with E-state index in [1.54, 1.807) is 0 Å².